The Morgan fingerprint density at radius 1 is 1.21 bits per heavy atom. The number of anilines is 1. The number of likely N-dealkylation sites (tertiary alicyclic amines) is 1. The summed E-state index contributed by atoms with van der Waals surface area (Å²) in [4.78, 5) is 31.0. The summed E-state index contributed by atoms with van der Waals surface area (Å²) in [5.41, 5.74) is 3.51. The molecule has 1 amide bonds. The normalized spacial score (nSPS) is 19.2. The molecule has 0 saturated carbocycles. The second-order valence-corrected chi connectivity index (χ2v) is 8.16. The van der Waals surface area contributed by atoms with Gasteiger partial charge in [-0.2, -0.15) is 0 Å². The molecule has 0 N–H and O–H groups in total. The second kappa shape index (κ2) is 8.89. The van der Waals surface area contributed by atoms with Crippen molar-refractivity contribution in [3.05, 3.63) is 47.2 Å². The topological polar surface area (TPSA) is 62.2 Å². The number of hydrogen-bond donors (Lipinski definition) is 0. The van der Waals surface area contributed by atoms with Crippen LogP contribution in [0.2, 0.25) is 0 Å². The van der Waals surface area contributed by atoms with Gasteiger partial charge in [-0.15, -0.1) is 0 Å². The number of fused-ring (bicyclic) bond motifs is 1. The molecule has 1 saturated heterocycles. The second-order valence-electron chi connectivity index (χ2n) is 8.16. The molecule has 4 heterocycles. The molecule has 1 atom stereocenters. The molecule has 0 spiro atoms. The van der Waals surface area contributed by atoms with Crippen molar-refractivity contribution in [2.45, 2.75) is 58.3 Å². The van der Waals surface area contributed by atoms with Gasteiger partial charge in [0.1, 0.15) is 11.6 Å². The summed E-state index contributed by atoms with van der Waals surface area (Å²) in [5, 5.41) is 0. The molecule has 2 aromatic rings. The molecule has 0 aromatic carbocycles. The van der Waals surface area contributed by atoms with Crippen LogP contribution in [-0.4, -0.2) is 51.9 Å². The van der Waals surface area contributed by atoms with Crippen LogP contribution in [0.5, 0.6) is 0 Å². The number of carbonyl (C=O) groups excluding carboxylic acids is 1. The molecule has 0 unspecified atom stereocenters. The first kappa shape index (κ1) is 19.8. The molecule has 2 aromatic heterocycles. The van der Waals surface area contributed by atoms with E-state index in [1.807, 2.05) is 30.2 Å². The largest absolute Gasteiger partial charge is 0.356 e. The highest BCUT2D eigenvalue weighted by Crippen LogP contribution is 2.31. The minimum Gasteiger partial charge on any atom is -0.356 e. The van der Waals surface area contributed by atoms with Crippen molar-refractivity contribution in [3.8, 4) is 0 Å². The van der Waals surface area contributed by atoms with Crippen LogP contribution in [0.3, 0.4) is 0 Å². The SMILES string of the molecule is CCC(=O)N1CCC[C@@H](c2nc(C)c3c(n2)N(CCc2ccccn2)CCC3)C1. The van der Waals surface area contributed by atoms with Crippen molar-refractivity contribution in [1.29, 1.82) is 0 Å². The van der Waals surface area contributed by atoms with Crippen LogP contribution in [0.4, 0.5) is 5.82 Å². The van der Waals surface area contributed by atoms with Gasteiger partial charge >= 0.3 is 0 Å². The third kappa shape index (κ3) is 4.41. The summed E-state index contributed by atoms with van der Waals surface area (Å²) in [5.74, 6) is 2.50. The molecule has 0 bridgehead atoms. The summed E-state index contributed by atoms with van der Waals surface area (Å²) in [6.45, 7) is 7.61. The smallest absolute Gasteiger partial charge is 0.222 e. The highest BCUT2D eigenvalue weighted by atomic mass is 16.2. The lowest BCUT2D eigenvalue weighted by Gasteiger charge is -2.34. The third-order valence-corrected chi connectivity index (χ3v) is 6.17. The molecular formula is C23H31N5O. The van der Waals surface area contributed by atoms with E-state index in [2.05, 4.69) is 22.9 Å². The Labute approximate surface area is 173 Å². The quantitative estimate of drug-likeness (QED) is 0.780. The van der Waals surface area contributed by atoms with E-state index in [0.717, 1.165) is 81.3 Å². The lowest BCUT2D eigenvalue weighted by atomic mass is 9.95. The van der Waals surface area contributed by atoms with Crippen molar-refractivity contribution in [2.75, 3.05) is 31.1 Å². The first-order valence-corrected chi connectivity index (χ1v) is 11.0. The zero-order chi connectivity index (χ0) is 20.2. The minimum atomic E-state index is 0.237. The fourth-order valence-electron chi connectivity index (χ4n) is 4.54. The minimum absolute atomic E-state index is 0.237. The van der Waals surface area contributed by atoms with E-state index < -0.39 is 0 Å². The van der Waals surface area contributed by atoms with Gasteiger partial charge in [-0.25, -0.2) is 9.97 Å². The molecule has 2 aliphatic rings. The van der Waals surface area contributed by atoms with Crippen molar-refractivity contribution in [3.63, 3.8) is 0 Å². The average molecular weight is 394 g/mol. The number of carbonyl (C=O) groups is 1. The number of aromatic nitrogens is 3. The van der Waals surface area contributed by atoms with Gasteiger partial charge in [-0.05, 0) is 44.7 Å². The molecule has 6 heteroatoms. The highest BCUT2D eigenvalue weighted by Gasteiger charge is 2.29. The fraction of sp³-hybridized carbons (Fsp3) is 0.565. The molecule has 6 nitrogen and oxygen atoms in total. The van der Waals surface area contributed by atoms with E-state index in [-0.39, 0.29) is 11.8 Å². The predicted octanol–water partition coefficient (Wildman–Crippen LogP) is 3.29. The Kier molecular flexibility index (Phi) is 6.07. The number of aryl methyl sites for hydroxylation is 1. The Morgan fingerprint density at radius 2 is 2.10 bits per heavy atom. The molecule has 29 heavy (non-hydrogen) atoms. The molecule has 0 radical (unpaired) electrons. The molecule has 1 fully saturated rings. The maximum atomic E-state index is 12.2. The van der Waals surface area contributed by atoms with Crippen LogP contribution >= 0.6 is 0 Å². The number of pyridine rings is 1. The maximum Gasteiger partial charge on any atom is 0.222 e. The van der Waals surface area contributed by atoms with Crippen molar-refractivity contribution in [1.82, 2.24) is 19.9 Å². The maximum absolute atomic E-state index is 12.2. The van der Waals surface area contributed by atoms with Crippen LogP contribution < -0.4 is 4.90 Å². The van der Waals surface area contributed by atoms with Crippen LogP contribution in [-0.2, 0) is 17.6 Å². The fourth-order valence-corrected chi connectivity index (χ4v) is 4.54. The Morgan fingerprint density at radius 3 is 2.90 bits per heavy atom. The van der Waals surface area contributed by atoms with Crippen LogP contribution in [0.25, 0.3) is 0 Å². The first-order valence-electron chi connectivity index (χ1n) is 11.0. The molecule has 4 rings (SSSR count). The van der Waals surface area contributed by atoms with Crippen LogP contribution in [0.1, 0.15) is 61.3 Å². The predicted molar refractivity (Wildman–Crippen MR) is 114 cm³/mol. The first-order chi connectivity index (χ1) is 14.2. The van der Waals surface area contributed by atoms with Crippen molar-refractivity contribution >= 4 is 11.7 Å². The lowest BCUT2D eigenvalue weighted by molar-refractivity contribution is -0.132. The van der Waals surface area contributed by atoms with Gasteiger partial charge in [-0.3, -0.25) is 9.78 Å². The monoisotopic (exact) mass is 393 g/mol. The van der Waals surface area contributed by atoms with E-state index in [1.54, 1.807) is 0 Å². The highest BCUT2D eigenvalue weighted by molar-refractivity contribution is 5.76. The van der Waals surface area contributed by atoms with Gasteiger partial charge in [-0.1, -0.05) is 13.0 Å². The van der Waals surface area contributed by atoms with Gasteiger partial charge in [0.05, 0.1) is 0 Å². The van der Waals surface area contributed by atoms with Gasteiger partial charge < -0.3 is 9.80 Å². The van der Waals surface area contributed by atoms with Gasteiger partial charge in [0.15, 0.2) is 0 Å². The van der Waals surface area contributed by atoms with Crippen molar-refractivity contribution < 1.29 is 4.79 Å². The van der Waals surface area contributed by atoms with E-state index >= 15 is 0 Å². The number of rotatable bonds is 5. The lowest BCUT2D eigenvalue weighted by Crippen LogP contribution is -2.39. The Hall–Kier alpha value is -2.50. The van der Waals surface area contributed by atoms with Crippen LogP contribution in [0.15, 0.2) is 24.4 Å². The summed E-state index contributed by atoms with van der Waals surface area (Å²) in [7, 11) is 0. The van der Waals surface area contributed by atoms with Gasteiger partial charge in [0, 0.05) is 68.1 Å². The summed E-state index contributed by atoms with van der Waals surface area (Å²) in [6.07, 6.45) is 7.61. The van der Waals surface area contributed by atoms with Crippen LogP contribution in [0, 0.1) is 6.92 Å². The average Bonchev–Trinajstić information content (AvgIpc) is 2.78. The van der Waals surface area contributed by atoms with E-state index in [0.29, 0.717) is 6.42 Å². The zero-order valence-electron chi connectivity index (χ0n) is 17.6. The molecule has 154 valence electrons. The van der Waals surface area contributed by atoms with Gasteiger partial charge in [0.2, 0.25) is 5.91 Å². The summed E-state index contributed by atoms with van der Waals surface area (Å²) >= 11 is 0. The van der Waals surface area contributed by atoms with E-state index in [9.17, 15) is 4.79 Å². The number of hydrogen-bond acceptors (Lipinski definition) is 5. The number of nitrogens with zero attached hydrogens (tertiary/aromatic N) is 5. The standard InChI is InChI=1S/C23H31N5O/c1-3-21(29)28-14-6-8-18(16-28)22-25-17(2)20-10-7-13-27(23(20)26-22)15-11-19-9-4-5-12-24-19/h4-5,9,12,18H,3,6-8,10-11,13-16H2,1-2H3/t18-/m1/s1. The Balaban J connectivity index is 1.55. The van der Waals surface area contributed by atoms with Crippen molar-refractivity contribution in [2.24, 2.45) is 0 Å². The Bertz CT molecular complexity index is 854. The number of amides is 1. The van der Waals surface area contributed by atoms with E-state index in [4.69, 9.17) is 9.97 Å². The molecular weight excluding hydrogens is 362 g/mol. The summed E-state index contributed by atoms with van der Waals surface area (Å²) < 4.78 is 0. The zero-order valence-corrected chi connectivity index (χ0v) is 17.6. The van der Waals surface area contributed by atoms with Gasteiger partial charge in [0.25, 0.3) is 0 Å². The van der Waals surface area contributed by atoms with E-state index in [1.165, 1.54) is 5.56 Å². The molecule has 2 aliphatic heterocycles. The number of piperidine rings is 1. The molecule has 0 aliphatic carbocycles. The third-order valence-electron chi connectivity index (χ3n) is 6.17. The summed E-state index contributed by atoms with van der Waals surface area (Å²) in [6, 6.07) is 6.09.